The van der Waals surface area contributed by atoms with Crippen LogP contribution in [0.2, 0.25) is 0 Å². The number of H-pyrrole nitrogens is 1. The maximum Gasteiger partial charge on any atom is 0.217 e. The van der Waals surface area contributed by atoms with Gasteiger partial charge in [0.1, 0.15) is 23.1 Å². The summed E-state index contributed by atoms with van der Waals surface area (Å²) in [7, 11) is 0. The van der Waals surface area contributed by atoms with Crippen LogP contribution in [0, 0.1) is 12.7 Å². The molecule has 2 aromatic heterocycles. The zero-order valence-electron chi connectivity index (χ0n) is 20.0. The smallest absolute Gasteiger partial charge is 0.217 e. The van der Waals surface area contributed by atoms with Crippen molar-refractivity contribution in [3.63, 3.8) is 0 Å². The van der Waals surface area contributed by atoms with Crippen molar-refractivity contribution in [1.82, 2.24) is 9.97 Å². The number of ether oxygens (including phenoxy) is 2. The van der Waals surface area contributed by atoms with Crippen LogP contribution in [0.4, 0.5) is 4.39 Å². The SMILES string of the molecule is Cc1ccc(F)c(CC(=O)Cc2ccc(Oc3ccnc(-c4cc(C5=NCCCO5)c[nH]4)c3)cc2)c1. The Morgan fingerprint density at radius 1 is 1.06 bits per heavy atom. The number of hydrogen-bond donors (Lipinski definition) is 1. The number of pyridine rings is 1. The van der Waals surface area contributed by atoms with Crippen LogP contribution in [-0.4, -0.2) is 34.8 Å². The monoisotopic (exact) mass is 483 g/mol. The van der Waals surface area contributed by atoms with Gasteiger partial charge in [-0.3, -0.25) is 14.8 Å². The second kappa shape index (κ2) is 10.6. The van der Waals surface area contributed by atoms with Gasteiger partial charge in [0.25, 0.3) is 0 Å². The number of carbonyl (C=O) groups excluding carboxylic acids is 1. The van der Waals surface area contributed by atoms with Crippen LogP contribution in [0.15, 0.2) is 78.0 Å². The number of aryl methyl sites for hydroxylation is 1. The second-order valence-electron chi connectivity index (χ2n) is 8.80. The molecule has 1 N–H and O–H groups in total. The minimum Gasteiger partial charge on any atom is -0.477 e. The Balaban J connectivity index is 1.22. The van der Waals surface area contributed by atoms with Crippen LogP contribution in [-0.2, 0) is 22.4 Å². The average molecular weight is 484 g/mol. The van der Waals surface area contributed by atoms with Gasteiger partial charge < -0.3 is 14.5 Å². The van der Waals surface area contributed by atoms with Crippen molar-refractivity contribution in [2.45, 2.75) is 26.2 Å². The van der Waals surface area contributed by atoms with E-state index in [-0.39, 0.29) is 24.4 Å². The van der Waals surface area contributed by atoms with Crippen molar-refractivity contribution in [1.29, 1.82) is 0 Å². The molecule has 0 radical (unpaired) electrons. The summed E-state index contributed by atoms with van der Waals surface area (Å²) in [4.78, 5) is 24.6. The number of aromatic amines is 1. The molecule has 0 atom stereocenters. The Kier molecular flexibility index (Phi) is 6.89. The van der Waals surface area contributed by atoms with Crippen LogP contribution in [0.3, 0.4) is 0 Å². The highest BCUT2D eigenvalue weighted by Gasteiger charge is 2.13. The predicted molar refractivity (Wildman–Crippen MR) is 136 cm³/mol. The van der Waals surface area contributed by atoms with E-state index < -0.39 is 0 Å². The predicted octanol–water partition coefficient (Wildman–Crippen LogP) is 5.84. The highest BCUT2D eigenvalue weighted by Crippen LogP contribution is 2.26. The number of Topliss-reactive ketones (excluding diaryl/α,β-unsaturated/α-hetero) is 1. The largest absolute Gasteiger partial charge is 0.477 e. The van der Waals surface area contributed by atoms with Crippen molar-refractivity contribution in [2.75, 3.05) is 13.2 Å². The summed E-state index contributed by atoms with van der Waals surface area (Å²) < 4.78 is 25.6. The third kappa shape index (κ3) is 5.68. The molecule has 5 rings (SSSR count). The lowest BCUT2D eigenvalue weighted by Crippen LogP contribution is -2.13. The summed E-state index contributed by atoms with van der Waals surface area (Å²) in [5.74, 6) is 1.55. The maximum absolute atomic E-state index is 14.0. The van der Waals surface area contributed by atoms with E-state index in [9.17, 15) is 9.18 Å². The van der Waals surface area contributed by atoms with Crippen molar-refractivity contribution < 1.29 is 18.7 Å². The topological polar surface area (TPSA) is 76.6 Å². The van der Waals surface area contributed by atoms with E-state index in [0.29, 0.717) is 29.6 Å². The summed E-state index contributed by atoms with van der Waals surface area (Å²) in [6.45, 7) is 3.34. The third-order valence-corrected chi connectivity index (χ3v) is 5.88. The average Bonchev–Trinajstić information content (AvgIpc) is 3.39. The number of aliphatic imine (C=N–C) groups is 1. The van der Waals surface area contributed by atoms with Gasteiger partial charge in [-0.15, -0.1) is 0 Å². The molecule has 36 heavy (non-hydrogen) atoms. The normalized spacial score (nSPS) is 13.1. The van der Waals surface area contributed by atoms with Gasteiger partial charge in [-0.2, -0.15) is 0 Å². The number of aromatic nitrogens is 2. The number of nitrogens with one attached hydrogen (secondary N) is 1. The first kappa shape index (κ1) is 23.5. The third-order valence-electron chi connectivity index (χ3n) is 5.88. The number of ketones is 1. The first-order valence-corrected chi connectivity index (χ1v) is 11.9. The molecule has 0 aliphatic carbocycles. The maximum atomic E-state index is 14.0. The number of hydrogen-bond acceptors (Lipinski definition) is 5. The van der Waals surface area contributed by atoms with Gasteiger partial charge in [0.15, 0.2) is 0 Å². The van der Waals surface area contributed by atoms with Gasteiger partial charge in [0, 0.05) is 44.3 Å². The van der Waals surface area contributed by atoms with Crippen molar-refractivity contribution in [3.05, 3.63) is 101 Å². The van der Waals surface area contributed by atoms with E-state index in [1.54, 1.807) is 24.4 Å². The van der Waals surface area contributed by atoms with Crippen molar-refractivity contribution >= 4 is 11.7 Å². The molecular formula is C29H26FN3O3. The molecule has 1 aliphatic heterocycles. The van der Waals surface area contributed by atoms with E-state index in [1.807, 2.05) is 49.5 Å². The number of carbonyl (C=O) groups is 1. The second-order valence-corrected chi connectivity index (χ2v) is 8.80. The molecule has 182 valence electrons. The fourth-order valence-electron chi connectivity index (χ4n) is 4.07. The molecule has 0 bridgehead atoms. The van der Waals surface area contributed by atoms with E-state index in [1.165, 1.54) is 6.07 Å². The van der Waals surface area contributed by atoms with Crippen molar-refractivity contribution in [2.24, 2.45) is 4.99 Å². The standard InChI is InChI=1S/C29H26FN3O3/c1-19-3-8-26(30)21(13-19)15-23(34)14-20-4-6-24(7-5-20)36-25-9-11-31-28(17-25)27-16-22(18-33-27)29-32-10-2-12-35-29/h3-9,11,13,16-18,33H,2,10,12,14-15H2,1H3. The van der Waals surface area contributed by atoms with Gasteiger partial charge >= 0.3 is 0 Å². The summed E-state index contributed by atoms with van der Waals surface area (Å²) in [5, 5.41) is 0. The van der Waals surface area contributed by atoms with Gasteiger partial charge in [-0.25, -0.2) is 4.39 Å². The van der Waals surface area contributed by atoms with Crippen LogP contribution in [0.5, 0.6) is 11.5 Å². The summed E-state index contributed by atoms with van der Waals surface area (Å²) in [5.41, 5.74) is 4.69. The molecule has 2 aromatic carbocycles. The van der Waals surface area contributed by atoms with Gasteiger partial charge in [-0.1, -0.05) is 29.8 Å². The van der Waals surface area contributed by atoms with E-state index in [2.05, 4.69) is 15.0 Å². The fourth-order valence-corrected chi connectivity index (χ4v) is 4.07. The van der Waals surface area contributed by atoms with Gasteiger partial charge in [0.2, 0.25) is 5.90 Å². The lowest BCUT2D eigenvalue weighted by Gasteiger charge is -2.11. The zero-order valence-corrected chi connectivity index (χ0v) is 20.0. The molecule has 0 fully saturated rings. The number of nitrogens with zero attached hydrogens (tertiary/aromatic N) is 2. The van der Waals surface area contributed by atoms with Crippen LogP contribution >= 0.6 is 0 Å². The summed E-state index contributed by atoms with van der Waals surface area (Å²) in [6.07, 6.45) is 4.80. The van der Waals surface area contributed by atoms with Crippen LogP contribution < -0.4 is 4.74 Å². The molecule has 1 aliphatic rings. The minimum absolute atomic E-state index is 0.0400. The Hall–Kier alpha value is -4.26. The number of rotatable bonds is 8. The molecule has 0 amide bonds. The lowest BCUT2D eigenvalue weighted by molar-refractivity contribution is -0.117. The molecule has 0 unspecified atom stereocenters. The Labute approximate surface area is 208 Å². The highest BCUT2D eigenvalue weighted by molar-refractivity contribution is 5.95. The minimum atomic E-state index is -0.346. The molecule has 7 heteroatoms. The Morgan fingerprint density at radius 2 is 1.92 bits per heavy atom. The first-order chi connectivity index (χ1) is 17.5. The highest BCUT2D eigenvalue weighted by atomic mass is 19.1. The molecule has 3 heterocycles. The summed E-state index contributed by atoms with van der Waals surface area (Å²) in [6, 6.07) is 17.8. The summed E-state index contributed by atoms with van der Waals surface area (Å²) >= 11 is 0. The molecule has 6 nitrogen and oxygen atoms in total. The van der Waals surface area contributed by atoms with Crippen molar-refractivity contribution in [3.8, 4) is 22.9 Å². The molecule has 0 saturated heterocycles. The molecule has 0 spiro atoms. The van der Waals surface area contributed by atoms with Gasteiger partial charge in [-0.05, 0) is 48.4 Å². The Bertz CT molecular complexity index is 1410. The first-order valence-electron chi connectivity index (χ1n) is 11.9. The quantitative estimate of drug-likeness (QED) is 0.342. The van der Waals surface area contributed by atoms with Gasteiger partial charge in [0.05, 0.1) is 23.6 Å². The Morgan fingerprint density at radius 3 is 2.72 bits per heavy atom. The van der Waals surface area contributed by atoms with E-state index in [4.69, 9.17) is 9.47 Å². The number of benzene rings is 2. The molecule has 0 saturated carbocycles. The molecular weight excluding hydrogens is 457 g/mol. The number of halogens is 1. The van der Waals surface area contributed by atoms with Crippen LogP contribution in [0.25, 0.3) is 11.4 Å². The van der Waals surface area contributed by atoms with E-state index in [0.717, 1.165) is 41.0 Å². The van der Waals surface area contributed by atoms with E-state index >= 15 is 0 Å². The van der Waals surface area contributed by atoms with Crippen LogP contribution in [0.1, 0.15) is 28.7 Å². The lowest BCUT2D eigenvalue weighted by atomic mass is 10.0. The fraction of sp³-hybridized carbons (Fsp3) is 0.207. The molecule has 4 aromatic rings. The zero-order chi connectivity index (χ0) is 24.9.